The van der Waals surface area contributed by atoms with E-state index in [-0.39, 0.29) is 5.56 Å². The molecule has 0 saturated heterocycles. The first-order valence-corrected chi connectivity index (χ1v) is 7.32. The summed E-state index contributed by atoms with van der Waals surface area (Å²) in [5.74, 6) is -0.968. The Kier molecular flexibility index (Phi) is 4.96. The van der Waals surface area contributed by atoms with E-state index in [0.29, 0.717) is 13.0 Å². The molecule has 2 N–H and O–H groups in total. The smallest absolute Gasteiger partial charge is 0.255 e. The molecule has 1 aromatic carbocycles. The van der Waals surface area contributed by atoms with Crippen molar-refractivity contribution in [2.24, 2.45) is 0 Å². The number of hydrogen-bond acceptors (Lipinski definition) is 3. The van der Waals surface area contributed by atoms with Gasteiger partial charge in [-0.1, -0.05) is 25.0 Å². The summed E-state index contributed by atoms with van der Waals surface area (Å²) in [5.41, 5.74) is -0.440. The Morgan fingerprint density at radius 1 is 1.43 bits per heavy atom. The predicted octanol–water partition coefficient (Wildman–Crippen LogP) is 2.01. The van der Waals surface area contributed by atoms with Crippen molar-refractivity contribution in [2.75, 3.05) is 13.6 Å². The van der Waals surface area contributed by atoms with Crippen LogP contribution in [0.5, 0.6) is 0 Å². The van der Waals surface area contributed by atoms with Crippen LogP contribution < -0.4 is 0 Å². The summed E-state index contributed by atoms with van der Waals surface area (Å²) in [6.07, 6.45) is 2.69. The van der Waals surface area contributed by atoms with E-state index >= 15 is 0 Å². The van der Waals surface area contributed by atoms with Crippen molar-refractivity contribution in [2.45, 2.75) is 43.8 Å². The Hall–Kier alpha value is -1.46. The highest BCUT2D eigenvalue weighted by molar-refractivity contribution is 5.81. The molecule has 2 rings (SSSR count). The van der Waals surface area contributed by atoms with Crippen LogP contribution in [0.15, 0.2) is 24.3 Å². The lowest BCUT2D eigenvalue weighted by Gasteiger charge is -2.27. The third-order valence-corrected chi connectivity index (χ3v) is 4.22. The summed E-state index contributed by atoms with van der Waals surface area (Å²) in [6, 6.07) is 5.40. The normalized spacial score (nSPS) is 18.5. The Bertz CT molecular complexity index is 500. The zero-order valence-corrected chi connectivity index (χ0v) is 12.3. The second-order valence-corrected chi connectivity index (χ2v) is 5.90. The monoisotopic (exact) mass is 295 g/mol. The molecule has 116 valence electrons. The molecule has 1 amide bonds. The van der Waals surface area contributed by atoms with Crippen LogP contribution >= 0.6 is 0 Å². The van der Waals surface area contributed by atoms with E-state index in [1.54, 1.807) is 7.05 Å². The second-order valence-electron chi connectivity index (χ2n) is 5.90. The average molecular weight is 295 g/mol. The van der Waals surface area contributed by atoms with Gasteiger partial charge in [0.2, 0.25) is 0 Å². The molecule has 1 fully saturated rings. The van der Waals surface area contributed by atoms with Gasteiger partial charge in [0, 0.05) is 13.6 Å². The van der Waals surface area contributed by atoms with Crippen molar-refractivity contribution in [3.8, 4) is 0 Å². The van der Waals surface area contributed by atoms with E-state index in [2.05, 4.69) is 0 Å². The number of hydrogen-bond donors (Lipinski definition) is 2. The molecule has 0 bridgehead atoms. The molecule has 1 aromatic rings. The highest BCUT2D eigenvalue weighted by Gasteiger charge is 2.32. The lowest BCUT2D eigenvalue weighted by atomic mass is 9.97. The molecule has 0 heterocycles. The molecule has 1 unspecified atom stereocenters. The minimum absolute atomic E-state index is 0.242. The highest BCUT2D eigenvalue weighted by atomic mass is 19.1. The van der Waals surface area contributed by atoms with Gasteiger partial charge in [0.15, 0.2) is 6.10 Å². The van der Waals surface area contributed by atoms with Crippen molar-refractivity contribution in [1.29, 1.82) is 0 Å². The van der Waals surface area contributed by atoms with Gasteiger partial charge in [0.05, 0.1) is 5.60 Å². The van der Waals surface area contributed by atoms with Crippen molar-refractivity contribution in [3.63, 3.8) is 0 Å². The minimum atomic E-state index is -1.37. The van der Waals surface area contributed by atoms with Gasteiger partial charge < -0.3 is 15.1 Å². The van der Waals surface area contributed by atoms with Crippen molar-refractivity contribution < 1.29 is 19.4 Å². The van der Waals surface area contributed by atoms with Crippen LogP contribution in [0.2, 0.25) is 0 Å². The molecule has 1 atom stereocenters. The van der Waals surface area contributed by atoms with E-state index in [1.807, 2.05) is 0 Å². The molecule has 21 heavy (non-hydrogen) atoms. The number of carbonyl (C=O) groups is 1. The van der Waals surface area contributed by atoms with Crippen LogP contribution in [-0.2, 0) is 4.79 Å². The molecular formula is C16H22FNO3. The Balaban J connectivity index is 1.92. The third-order valence-electron chi connectivity index (χ3n) is 4.22. The molecule has 4 nitrogen and oxygen atoms in total. The fraction of sp³-hybridized carbons (Fsp3) is 0.562. The van der Waals surface area contributed by atoms with Crippen molar-refractivity contribution in [3.05, 3.63) is 35.6 Å². The van der Waals surface area contributed by atoms with E-state index in [9.17, 15) is 19.4 Å². The maximum Gasteiger partial charge on any atom is 0.255 e. The molecule has 1 aliphatic carbocycles. The molecule has 0 aliphatic heterocycles. The highest BCUT2D eigenvalue weighted by Crippen LogP contribution is 2.32. The minimum Gasteiger partial charge on any atom is -0.390 e. The summed E-state index contributed by atoms with van der Waals surface area (Å²) in [6.45, 7) is 0.377. The number of rotatable bonds is 5. The van der Waals surface area contributed by atoms with Crippen molar-refractivity contribution >= 4 is 5.91 Å². The Morgan fingerprint density at radius 2 is 2.10 bits per heavy atom. The van der Waals surface area contributed by atoms with Crippen LogP contribution in [0.25, 0.3) is 0 Å². The van der Waals surface area contributed by atoms with Gasteiger partial charge in [0.1, 0.15) is 5.82 Å². The number of amides is 1. The first-order valence-electron chi connectivity index (χ1n) is 7.32. The molecule has 1 aliphatic rings. The van der Waals surface area contributed by atoms with Crippen LogP contribution in [0.4, 0.5) is 4.39 Å². The van der Waals surface area contributed by atoms with Crippen LogP contribution in [0, 0.1) is 5.82 Å². The second kappa shape index (κ2) is 6.54. The number of likely N-dealkylation sites (N-methyl/N-ethyl adjacent to an activating group) is 1. The SMILES string of the molecule is CN(CCC1(O)CCCC1)C(=O)C(O)c1cccc(F)c1. The summed E-state index contributed by atoms with van der Waals surface area (Å²) in [5, 5.41) is 20.3. The molecule has 0 spiro atoms. The fourth-order valence-corrected chi connectivity index (χ4v) is 2.80. The molecular weight excluding hydrogens is 273 g/mol. The quantitative estimate of drug-likeness (QED) is 0.873. The summed E-state index contributed by atoms with van der Waals surface area (Å²) < 4.78 is 13.1. The lowest BCUT2D eigenvalue weighted by Crippen LogP contribution is -2.37. The molecule has 0 aromatic heterocycles. The lowest BCUT2D eigenvalue weighted by molar-refractivity contribution is -0.139. The van der Waals surface area contributed by atoms with Gasteiger partial charge in [-0.15, -0.1) is 0 Å². The maximum absolute atomic E-state index is 13.1. The first-order chi connectivity index (χ1) is 9.91. The zero-order chi connectivity index (χ0) is 15.5. The van der Waals surface area contributed by atoms with Gasteiger partial charge in [0.25, 0.3) is 5.91 Å². The fourth-order valence-electron chi connectivity index (χ4n) is 2.80. The Morgan fingerprint density at radius 3 is 2.71 bits per heavy atom. The topological polar surface area (TPSA) is 60.8 Å². The van der Waals surface area contributed by atoms with E-state index in [4.69, 9.17) is 0 Å². The van der Waals surface area contributed by atoms with Crippen molar-refractivity contribution in [1.82, 2.24) is 4.90 Å². The summed E-state index contributed by atoms with van der Waals surface area (Å²) in [7, 11) is 1.59. The molecule has 0 radical (unpaired) electrons. The van der Waals surface area contributed by atoms with Crippen LogP contribution in [-0.4, -0.2) is 40.2 Å². The number of halogens is 1. The Labute approximate surface area is 124 Å². The van der Waals surface area contributed by atoms with Gasteiger partial charge in [-0.2, -0.15) is 0 Å². The average Bonchev–Trinajstić information content (AvgIpc) is 2.90. The maximum atomic E-state index is 13.1. The number of aliphatic hydroxyl groups excluding tert-OH is 1. The van der Waals surface area contributed by atoms with E-state index < -0.39 is 23.4 Å². The number of benzene rings is 1. The number of aliphatic hydroxyl groups is 2. The van der Waals surface area contributed by atoms with Gasteiger partial charge in [-0.3, -0.25) is 4.79 Å². The standard InChI is InChI=1S/C16H22FNO3/c1-18(10-9-16(21)7-2-3-8-16)15(20)14(19)12-5-4-6-13(17)11-12/h4-6,11,14,19,21H,2-3,7-10H2,1H3. The van der Waals surface area contributed by atoms with Crippen LogP contribution in [0.1, 0.15) is 43.8 Å². The van der Waals surface area contributed by atoms with E-state index in [1.165, 1.54) is 23.1 Å². The van der Waals surface area contributed by atoms with Gasteiger partial charge in [-0.05, 0) is 37.0 Å². The van der Waals surface area contributed by atoms with Crippen LogP contribution in [0.3, 0.4) is 0 Å². The third kappa shape index (κ3) is 4.02. The number of carbonyl (C=O) groups excluding carboxylic acids is 1. The molecule has 5 heteroatoms. The van der Waals surface area contributed by atoms with Gasteiger partial charge in [-0.25, -0.2) is 4.39 Å². The van der Waals surface area contributed by atoms with E-state index in [0.717, 1.165) is 31.7 Å². The number of nitrogens with zero attached hydrogens (tertiary/aromatic N) is 1. The first kappa shape index (κ1) is 15.9. The predicted molar refractivity (Wildman–Crippen MR) is 77.0 cm³/mol. The largest absolute Gasteiger partial charge is 0.390 e. The molecule has 1 saturated carbocycles. The summed E-state index contributed by atoms with van der Waals surface area (Å²) in [4.78, 5) is 13.5. The zero-order valence-electron chi connectivity index (χ0n) is 12.3. The van der Waals surface area contributed by atoms with Gasteiger partial charge >= 0.3 is 0 Å². The summed E-state index contributed by atoms with van der Waals surface area (Å²) >= 11 is 0.